The molecule has 1 aliphatic heterocycles. The van der Waals surface area contributed by atoms with Crippen molar-refractivity contribution in [1.82, 2.24) is 10.2 Å². The maximum Gasteiger partial charge on any atom is 0.256 e. The Morgan fingerprint density at radius 3 is 2.76 bits per heavy atom. The molecule has 2 rings (SSSR count). The van der Waals surface area contributed by atoms with Crippen LogP contribution in [-0.2, 0) is 0 Å². The van der Waals surface area contributed by atoms with Crippen LogP contribution in [0.3, 0.4) is 0 Å². The van der Waals surface area contributed by atoms with E-state index in [0.717, 1.165) is 26.2 Å². The van der Waals surface area contributed by atoms with Gasteiger partial charge in [-0.15, -0.1) is 11.3 Å². The van der Waals surface area contributed by atoms with Crippen molar-refractivity contribution in [3.05, 3.63) is 10.4 Å². The summed E-state index contributed by atoms with van der Waals surface area (Å²) in [6.07, 6.45) is 3.83. The number of hydrogen-bond acceptors (Lipinski definition) is 6. The minimum absolute atomic E-state index is 0.259. The number of nitrogen functional groups attached to an aromatic ring is 1. The van der Waals surface area contributed by atoms with Crippen molar-refractivity contribution >= 4 is 27.9 Å². The van der Waals surface area contributed by atoms with Gasteiger partial charge in [-0.1, -0.05) is 6.42 Å². The van der Waals surface area contributed by atoms with Crippen molar-refractivity contribution < 1.29 is 4.79 Å². The molecule has 1 saturated heterocycles. The number of carbonyl (C=O) groups is 1. The molecule has 0 saturated carbocycles. The minimum atomic E-state index is -0.259. The number of thiophene rings is 1. The Balaban J connectivity index is 2.01. The number of hydrogen-bond donors (Lipinski definition) is 3. The molecule has 1 amide bonds. The van der Waals surface area contributed by atoms with Crippen LogP contribution in [0, 0.1) is 11.3 Å². The molecule has 0 atom stereocenters. The lowest BCUT2D eigenvalue weighted by Crippen LogP contribution is -2.33. The van der Waals surface area contributed by atoms with Crippen molar-refractivity contribution in [3.63, 3.8) is 0 Å². The number of nitrogens with one attached hydrogen (secondary N) is 2. The van der Waals surface area contributed by atoms with Gasteiger partial charge < -0.3 is 21.3 Å². The number of nitriles is 1. The Kier molecular flexibility index (Phi) is 5.42. The van der Waals surface area contributed by atoms with Crippen LogP contribution in [0.15, 0.2) is 0 Å². The molecule has 1 aliphatic rings. The van der Waals surface area contributed by atoms with Gasteiger partial charge in [-0.2, -0.15) is 5.26 Å². The van der Waals surface area contributed by atoms with Crippen molar-refractivity contribution in [1.29, 1.82) is 5.26 Å². The molecule has 114 valence electrons. The van der Waals surface area contributed by atoms with E-state index in [1.807, 2.05) is 6.07 Å². The second-order valence-corrected chi connectivity index (χ2v) is 6.09. The van der Waals surface area contributed by atoms with Crippen LogP contribution in [-0.4, -0.2) is 44.0 Å². The molecule has 21 heavy (non-hydrogen) atoms. The van der Waals surface area contributed by atoms with Crippen molar-refractivity contribution in [3.8, 4) is 6.07 Å². The zero-order valence-electron chi connectivity index (χ0n) is 12.2. The lowest BCUT2D eigenvalue weighted by Gasteiger charge is -2.26. The van der Waals surface area contributed by atoms with Crippen LogP contribution in [0.25, 0.3) is 0 Å². The lowest BCUT2D eigenvalue weighted by atomic mass is 10.1. The fraction of sp³-hybridized carbons (Fsp3) is 0.571. The van der Waals surface area contributed by atoms with Gasteiger partial charge in [-0.3, -0.25) is 4.79 Å². The third-order valence-electron chi connectivity index (χ3n) is 3.66. The summed E-state index contributed by atoms with van der Waals surface area (Å²) in [5.74, 6) is -0.259. The van der Waals surface area contributed by atoms with Gasteiger partial charge >= 0.3 is 0 Å². The zero-order chi connectivity index (χ0) is 15.2. The maximum atomic E-state index is 11.9. The summed E-state index contributed by atoms with van der Waals surface area (Å²) in [6.45, 7) is 3.96. The second-order valence-electron chi connectivity index (χ2n) is 5.07. The van der Waals surface area contributed by atoms with E-state index >= 15 is 0 Å². The van der Waals surface area contributed by atoms with E-state index in [0.29, 0.717) is 15.4 Å². The largest absolute Gasteiger partial charge is 0.396 e. The third kappa shape index (κ3) is 3.65. The Morgan fingerprint density at radius 1 is 1.43 bits per heavy atom. The quantitative estimate of drug-likeness (QED) is 0.765. The third-order valence-corrected chi connectivity index (χ3v) is 4.73. The number of likely N-dealkylation sites (tertiary alicyclic amines) is 1. The first-order valence-corrected chi connectivity index (χ1v) is 7.99. The summed E-state index contributed by atoms with van der Waals surface area (Å²) in [6, 6.07) is 2.04. The van der Waals surface area contributed by atoms with E-state index in [1.165, 1.54) is 30.6 Å². The van der Waals surface area contributed by atoms with E-state index in [2.05, 4.69) is 15.5 Å². The van der Waals surface area contributed by atoms with Gasteiger partial charge in [-0.25, -0.2) is 0 Å². The molecular formula is C14H21N5OS. The van der Waals surface area contributed by atoms with E-state index in [9.17, 15) is 4.79 Å². The highest BCUT2D eigenvalue weighted by molar-refractivity contribution is 7.17. The van der Waals surface area contributed by atoms with Crippen LogP contribution in [0.4, 0.5) is 10.7 Å². The number of nitrogens with two attached hydrogens (primary N) is 1. The van der Waals surface area contributed by atoms with Crippen LogP contribution in [0.5, 0.6) is 0 Å². The Hall–Kier alpha value is -1.78. The van der Waals surface area contributed by atoms with E-state index in [-0.39, 0.29) is 11.6 Å². The molecule has 0 aliphatic carbocycles. The van der Waals surface area contributed by atoms with Crippen LogP contribution in [0.1, 0.15) is 34.5 Å². The van der Waals surface area contributed by atoms with Gasteiger partial charge in [0.1, 0.15) is 15.9 Å². The van der Waals surface area contributed by atoms with Gasteiger partial charge in [0.2, 0.25) is 0 Å². The molecule has 2 heterocycles. The number of anilines is 2. The average Bonchev–Trinajstić information content (AvgIpc) is 2.83. The summed E-state index contributed by atoms with van der Waals surface area (Å²) in [5, 5.41) is 15.6. The summed E-state index contributed by atoms with van der Waals surface area (Å²) in [5.41, 5.74) is 6.54. The van der Waals surface area contributed by atoms with Crippen LogP contribution >= 0.6 is 11.3 Å². The fourth-order valence-electron chi connectivity index (χ4n) is 2.51. The highest BCUT2D eigenvalue weighted by Gasteiger charge is 2.21. The van der Waals surface area contributed by atoms with Crippen LogP contribution < -0.4 is 16.4 Å². The summed E-state index contributed by atoms with van der Waals surface area (Å²) in [7, 11) is 1.56. The van der Waals surface area contributed by atoms with Crippen molar-refractivity contribution in [2.75, 3.05) is 44.3 Å². The topological polar surface area (TPSA) is 94.2 Å². The first-order valence-electron chi connectivity index (χ1n) is 7.18. The predicted octanol–water partition coefficient (Wildman–Crippen LogP) is 1.46. The summed E-state index contributed by atoms with van der Waals surface area (Å²) >= 11 is 1.24. The number of nitrogens with zero attached hydrogens (tertiary/aromatic N) is 2. The molecule has 1 fully saturated rings. The van der Waals surface area contributed by atoms with Gasteiger partial charge in [0.05, 0.1) is 11.3 Å². The monoisotopic (exact) mass is 307 g/mol. The molecule has 0 spiro atoms. The molecule has 0 bridgehead atoms. The highest BCUT2D eigenvalue weighted by Crippen LogP contribution is 2.35. The second kappa shape index (κ2) is 7.29. The first kappa shape index (κ1) is 15.6. The standard InChI is InChI=1S/C14H21N5OS/c1-17-13(20)11-12(16)10(9-15)21-14(11)18-5-8-19-6-3-2-4-7-19/h18H,2-8,16H2,1H3,(H,17,20). The van der Waals surface area contributed by atoms with Gasteiger partial charge in [-0.05, 0) is 25.9 Å². The maximum absolute atomic E-state index is 11.9. The smallest absolute Gasteiger partial charge is 0.256 e. The highest BCUT2D eigenvalue weighted by atomic mass is 32.1. The van der Waals surface area contributed by atoms with Gasteiger partial charge in [0.25, 0.3) is 5.91 Å². The molecule has 0 aromatic carbocycles. The Labute approximate surface area is 128 Å². The Morgan fingerprint density at radius 2 is 2.14 bits per heavy atom. The SMILES string of the molecule is CNC(=O)c1c(NCCN2CCCCC2)sc(C#N)c1N. The normalized spacial score (nSPS) is 15.4. The molecule has 6 nitrogen and oxygen atoms in total. The lowest BCUT2D eigenvalue weighted by molar-refractivity contribution is 0.0965. The molecule has 0 radical (unpaired) electrons. The molecule has 0 unspecified atom stereocenters. The number of piperidine rings is 1. The van der Waals surface area contributed by atoms with E-state index in [1.54, 1.807) is 7.05 Å². The van der Waals surface area contributed by atoms with E-state index < -0.39 is 0 Å². The minimum Gasteiger partial charge on any atom is -0.396 e. The number of rotatable bonds is 5. The van der Waals surface area contributed by atoms with E-state index in [4.69, 9.17) is 11.0 Å². The zero-order valence-corrected chi connectivity index (χ0v) is 13.1. The van der Waals surface area contributed by atoms with Gasteiger partial charge in [0, 0.05) is 20.1 Å². The summed E-state index contributed by atoms with van der Waals surface area (Å²) in [4.78, 5) is 14.7. The summed E-state index contributed by atoms with van der Waals surface area (Å²) < 4.78 is 0. The van der Waals surface area contributed by atoms with Crippen molar-refractivity contribution in [2.45, 2.75) is 19.3 Å². The molecule has 1 aromatic rings. The first-order chi connectivity index (χ1) is 10.2. The van der Waals surface area contributed by atoms with Crippen molar-refractivity contribution in [2.24, 2.45) is 0 Å². The molecule has 4 N–H and O–H groups in total. The molecule has 1 aromatic heterocycles. The number of amides is 1. The Bertz CT molecular complexity index is 542. The van der Waals surface area contributed by atoms with Crippen LogP contribution in [0.2, 0.25) is 0 Å². The predicted molar refractivity (Wildman–Crippen MR) is 85.6 cm³/mol. The fourth-order valence-corrected chi connectivity index (χ4v) is 3.45. The average molecular weight is 307 g/mol. The van der Waals surface area contributed by atoms with Gasteiger partial charge in [0.15, 0.2) is 0 Å². The molecular weight excluding hydrogens is 286 g/mol. The molecule has 7 heteroatoms. The number of carbonyl (C=O) groups excluding carboxylic acids is 1.